The van der Waals surface area contributed by atoms with Crippen molar-refractivity contribution in [3.05, 3.63) is 51.4 Å². The van der Waals surface area contributed by atoms with Gasteiger partial charge in [-0.25, -0.2) is 0 Å². The van der Waals surface area contributed by atoms with E-state index in [0.29, 0.717) is 0 Å². The maximum absolute atomic E-state index is 6.13. The van der Waals surface area contributed by atoms with Crippen LogP contribution in [0.3, 0.4) is 0 Å². The van der Waals surface area contributed by atoms with E-state index in [1.54, 1.807) is 11.3 Å². The highest BCUT2D eigenvalue weighted by Gasteiger charge is 2.08. The van der Waals surface area contributed by atoms with Gasteiger partial charge in [-0.2, -0.15) is 0 Å². The molecule has 4 heteroatoms. The van der Waals surface area contributed by atoms with Crippen LogP contribution >= 0.6 is 22.9 Å². The van der Waals surface area contributed by atoms with Crippen molar-refractivity contribution in [1.29, 1.82) is 0 Å². The lowest BCUT2D eigenvalue weighted by atomic mass is 10.1. The summed E-state index contributed by atoms with van der Waals surface area (Å²) in [6.45, 7) is 2.94. The molecule has 0 radical (unpaired) electrons. The third-order valence-corrected chi connectivity index (χ3v) is 3.56. The fraction of sp³-hybridized carbons (Fsp3) is 0.250. The molecule has 1 aromatic carbocycles. The van der Waals surface area contributed by atoms with Crippen molar-refractivity contribution in [1.82, 2.24) is 10.3 Å². The lowest BCUT2D eigenvalue weighted by Gasteiger charge is -2.14. The SMILES string of the molecule is C[C@H](NCc1cncs1)c1ccccc1Cl. The highest BCUT2D eigenvalue weighted by molar-refractivity contribution is 7.09. The average Bonchev–Trinajstić information content (AvgIpc) is 2.79. The number of hydrogen-bond acceptors (Lipinski definition) is 3. The Morgan fingerprint density at radius 3 is 2.94 bits per heavy atom. The number of benzene rings is 1. The van der Waals surface area contributed by atoms with Crippen LogP contribution in [0.2, 0.25) is 5.02 Å². The number of nitrogens with one attached hydrogen (secondary N) is 1. The van der Waals surface area contributed by atoms with E-state index in [1.807, 2.05) is 36.0 Å². The van der Waals surface area contributed by atoms with Crippen molar-refractivity contribution in [2.45, 2.75) is 19.5 Å². The Labute approximate surface area is 104 Å². The molecule has 0 spiro atoms. The number of rotatable bonds is 4. The van der Waals surface area contributed by atoms with E-state index in [1.165, 1.54) is 4.88 Å². The molecule has 0 amide bonds. The Hall–Kier alpha value is -0.900. The molecular formula is C12H13ClN2S. The second kappa shape index (κ2) is 5.43. The lowest BCUT2D eigenvalue weighted by molar-refractivity contribution is 0.578. The minimum Gasteiger partial charge on any atom is -0.305 e. The van der Waals surface area contributed by atoms with Crippen molar-refractivity contribution in [3.8, 4) is 0 Å². The molecule has 1 N–H and O–H groups in total. The summed E-state index contributed by atoms with van der Waals surface area (Å²) in [5, 5.41) is 4.24. The van der Waals surface area contributed by atoms with Crippen molar-refractivity contribution >= 4 is 22.9 Å². The summed E-state index contributed by atoms with van der Waals surface area (Å²) in [6.07, 6.45) is 1.89. The van der Waals surface area contributed by atoms with Crippen LogP contribution in [0.4, 0.5) is 0 Å². The van der Waals surface area contributed by atoms with Crippen molar-refractivity contribution < 1.29 is 0 Å². The van der Waals surface area contributed by atoms with Crippen LogP contribution in [0.15, 0.2) is 36.0 Å². The van der Waals surface area contributed by atoms with Gasteiger partial charge in [-0.3, -0.25) is 4.98 Å². The van der Waals surface area contributed by atoms with Crippen LogP contribution in [-0.4, -0.2) is 4.98 Å². The van der Waals surface area contributed by atoms with Gasteiger partial charge in [0, 0.05) is 28.7 Å². The molecule has 0 unspecified atom stereocenters. The number of halogens is 1. The van der Waals surface area contributed by atoms with Gasteiger partial charge >= 0.3 is 0 Å². The molecule has 1 aromatic heterocycles. The van der Waals surface area contributed by atoms with Crippen molar-refractivity contribution in [2.24, 2.45) is 0 Å². The molecule has 2 aromatic rings. The van der Waals surface area contributed by atoms with Crippen molar-refractivity contribution in [3.63, 3.8) is 0 Å². The number of aromatic nitrogens is 1. The van der Waals surface area contributed by atoms with E-state index >= 15 is 0 Å². The minimum absolute atomic E-state index is 0.246. The van der Waals surface area contributed by atoms with Crippen LogP contribution in [0.5, 0.6) is 0 Å². The molecule has 84 valence electrons. The van der Waals surface area contributed by atoms with Gasteiger partial charge in [0.15, 0.2) is 0 Å². The van der Waals surface area contributed by atoms with E-state index < -0.39 is 0 Å². The third kappa shape index (κ3) is 2.82. The van der Waals surface area contributed by atoms with E-state index in [0.717, 1.165) is 17.1 Å². The predicted molar refractivity (Wildman–Crippen MR) is 68.8 cm³/mol. The molecule has 1 atom stereocenters. The molecule has 1 heterocycles. The minimum atomic E-state index is 0.246. The topological polar surface area (TPSA) is 24.9 Å². The summed E-state index contributed by atoms with van der Waals surface area (Å²) >= 11 is 7.79. The van der Waals surface area contributed by atoms with Gasteiger partial charge < -0.3 is 5.32 Å². The summed E-state index contributed by atoms with van der Waals surface area (Å²) in [4.78, 5) is 5.28. The summed E-state index contributed by atoms with van der Waals surface area (Å²) in [5.74, 6) is 0. The molecule has 0 aliphatic rings. The summed E-state index contributed by atoms with van der Waals surface area (Å²) in [7, 11) is 0. The standard InChI is InChI=1S/C12H13ClN2S/c1-9(11-4-2-3-5-12(11)13)15-7-10-6-14-8-16-10/h2-6,8-9,15H,7H2,1H3/t9-/m0/s1. The van der Waals surface area contributed by atoms with Crippen LogP contribution in [0.25, 0.3) is 0 Å². The second-order valence-corrected chi connectivity index (χ2v) is 4.97. The molecule has 0 fully saturated rings. The Morgan fingerprint density at radius 1 is 1.44 bits per heavy atom. The third-order valence-electron chi connectivity index (χ3n) is 2.44. The zero-order valence-corrected chi connectivity index (χ0v) is 10.6. The Bertz CT molecular complexity index is 442. The van der Waals surface area contributed by atoms with Crippen LogP contribution in [0, 0.1) is 0 Å². The fourth-order valence-electron chi connectivity index (χ4n) is 1.52. The molecule has 0 aliphatic heterocycles. The average molecular weight is 253 g/mol. The monoisotopic (exact) mass is 252 g/mol. The first-order chi connectivity index (χ1) is 7.77. The Balaban J connectivity index is 1.98. The highest BCUT2D eigenvalue weighted by Crippen LogP contribution is 2.22. The quantitative estimate of drug-likeness (QED) is 0.899. The summed E-state index contributed by atoms with van der Waals surface area (Å²) < 4.78 is 0. The molecule has 16 heavy (non-hydrogen) atoms. The molecule has 0 bridgehead atoms. The fourth-order valence-corrected chi connectivity index (χ4v) is 2.36. The zero-order valence-electron chi connectivity index (χ0n) is 8.98. The normalized spacial score (nSPS) is 12.6. The number of hydrogen-bond donors (Lipinski definition) is 1. The zero-order chi connectivity index (χ0) is 11.4. The molecular weight excluding hydrogens is 240 g/mol. The largest absolute Gasteiger partial charge is 0.305 e. The van der Waals surface area contributed by atoms with Crippen LogP contribution in [0.1, 0.15) is 23.4 Å². The maximum atomic E-state index is 6.13. The first kappa shape index (κ1) is 11.6. The summed E-state index contributed by atoms with van der Waals surface area (Å²) in [5.41, 5.74) is 2.98. The predicted octanol–water partition coefficient (Wildman–Crippen LogP) is 3.65. The van der Waals surface area contributed by atoms with Gasteiger partial charge in [0.25, 0.3) is 0 Å². The van der Waals surface area contributed by atoms with E-state index in [-0.39, 0.29) is 6.04 Å². The number of nitrogens with zero attached hydrogens (tertiary/aromatic N) is 1. The van der Waals surface area contributed by atoms with Gasteiger partial charge in [0.05, 0.1) is 5.51 Å². The van der Waals surface area contributed by atoms with Gasteiger partial charge in [-0.05, 0) is 18.6 Å². The van der Waals surface area contributed by atoms with Gasteiger partial charge in [0.2, 0.25) is 0 Å². The number of thiazole rings is 1. The van der Waals surface area contributed by atoms with Crippen LogP contribution < -0.4 is 5.32 Å². The van der Waals surface area contributed by atoms with Crippen molar-refractivity contribution in [2.75, 3.05) is 0 Å². The second-order valence-electron chi connectivity index (χ2n) is 3.59. The highest BCUT2D eigenvalue weighted by atomic mass is 35.5. The molecule has 0 aliphatic carbocycles. The first-order valence-corrected chi connectivity index (χ1v) is 6.38. The van der Waals surface area contributed by atoms with E-state index in [4.69, 9.17) is 11.6 Å². The maximum Gasteiger partial charge on any atom is 0.0794 e. The Morgan fingerprint density at radius 2 is 2.25 bits per heavy atom. The van der Waals surface area contributed by atoms with E-state index in [2.05, 4.69) is 17.2 Å². The van der Waals surface area contributed by atoms with Gasteiger partial charge in [0.1, 0.15) is 0 Å². The van der Waals surface area contributed by atoms with Gasteiger partial charge in [-0.15, -0.1) is 11.3 Å². The van der Waals surface area contributed by atoms with E-state index in [9.17, 15) is 0 Å². The van der Waals surface area contributed by atoms with Crippen LogP contribution in [-0.2, 0) is 6.54 Å². The smallest absolute Gasteiger partial charge is 0.0794 e. The van der Waals surface area contributed by atoms with Gasteiger partial charge in [-0.1, -0.05) is 29.8 Å². The molecule has 2 rings (SSSR count). The molecule has 0 saturated heterocycles. The molecule has 0 saturated carbocycles. The molecule has 2 nitrogen and oxygen atoms in total. The lowest BCUT2D eigenvalue weighted by Crippen LogP contribution is -2.17. The Kier molecular flexibility index (Phi) is 3.93. The first-order valence-electron chi connectivity index (χ1n) is 5.12. The summed E-state index contributed by atoms with van der Waals surface area (Å²) in [6, 6.07) is 8.17.